The van der Waals surface area contributed by atoms with Crippen LogP contribution < -0.4 is 0 Å². The van der Waals surface area contributed by atoms with E-state index in [0.717, 1.165) is 19.6 Å². The van der Waals surface area contributed by atoms with E-state index >= 15 is 0 Å². The van der Waals surface area contributed by atoms with Crippen molar-refractivity contribution in [3.8, 4) is 0 Å². The number of benzene rings is 4. The van der Waals surface area contributed by atoms with Crippen LogP contribution in [0.5, 0.6) is 0 Å². The first-order valence-corrected chi connectivity index (χ1v) is 11.2. The van der Waals surface area contributed by atoms with Gasteiger partial charge >= 0.3 is 0 Å². The summed E-state index contributed by atoms with van der Waals surface area (Å²) in [6.07, 6.45) is 0. The number of rotatable bonds is 4. The Bertz CT molecular complexity index is 1170. The first-order chi connectivity index (χ1) is 14.7. The number of hydrogen-bond donors (Lipinski definition) is 0. The molecule has 0 amide bonds. The molecule has 5 rings (SSSR count). The molecule has 0 unspecified atom stereocenters. The lowest BCUT2D eigenvalue weighted by atomic mass is 9.84. The van der Waals surface area contributed by atoms with Crippen molar-refractivity contribution in [2.24, 2.45) is 0 Å². The first kappa shape index (κ1) is 18.9. The molecule has 1 aliphatic rings. The number of fused-ring (bicyclic) bond motifs is 2. The number of carbonyl (C=O) groups is 2. The van der Waals surface area contributed by atoms with Crippen LogP contribution in [0.4, 0.5) is 0 Å². The van der Waals surface area contributed by atoms with Gasteiger partial charge in [-0.1, -0.05) is 84.2 Å². The van der Waals surface area contributed by atoms with Gasteiger partial charge < -0.3 is 0 Å². The van der Waals surface area contributed by atoms with E-state index in [0.29, 0.717) is 22.3 Å². The fraction of sp³-hybridized carbons (Fsp3) is 0. The zero-order valence-electron chi connectivity index (χ0n) is 15.9. The smallest absolute Gasteiger partial charge is 0.195 e. The third kappa shape index (κ3) is 3.38. The fourth-order valence-corrected chi connectivity index (χ4v) is 5.52. The van der Waals surface area contributed by atoms with Gasteiger partial charge in [-0.15, -0.1) is 0 Å². The van der Waals surface area contributed by atoms with Gasteiger partial charge in [0.1, 0.15) is 0 Å². The average molecular weight is 425 g/mol. The van der Waals surface area contributed by atoms with Gasteiger partial charge in [0.15, 0.2) is 11.6 Å². The molecule has 0 saturated heterocycles. The van der Waals surface area contributed by atoms with E-state index in [4.69, 9.17) is 0 Å². The Morgan fingerprint density at radius 3 is 1.20 bits per heavy atom. The van der Waals surface area contributed by atoms with Crippen LogP contribution in [-0.4, -0.2) is 11.6 Å². The Morgan fingerprint density at radius 2 is 0.800 bits per heavy atom. The van der Waals surface area contributed by atoms with Gasteiger partial charge in [-0.3, -0.25) is 9.59 Å². The summed E-state index contributed by atoms with van der Waals surface area (Å²) in [6.45, 7) is 0. The fourth-order valence-electron chi connectivity index (χ4n) is 3.56. The van der Waals surface area contributed by atoms with Crippen molar-refractivity contribution in [3.05, 3.63) is 119 Å². The monoisotopic (exact) mass is 424 g/mol. The lowest BCUT2D eigenvalue weighted by molar-refractivity contribution is 0.0974. The lowest BCUT2D eigenvalue weighted by Gasteiger charge is -2.22. The van der Waals surface area contributed by atoms with Gasteiger partial charge in [0.05, 0.1) is 0 Å². The highest BCUT2D eigenvalue weighted by molar-refractivity contribution is 8.00. The van der Waals surface area contributed by atoms with E-state index in [1.54, 1.807) is 12.1 Å². The predicted molar refractivity (Wildman–Crippen MR) is 121 cm³/mol. The standard InChI is InChI=1S/C26H16O2S2/c27-25-19-13-7-8-14-20(19)26(28)24-22(30-18-11-5-2-6-12-18)16-15-21(23(24)25)29-17-9-3-1-4-10-17/h1-16H. The molecular weight excluding hydrogens is 408 g/mol. The summed E-state index contributed by atoms with van der Waals surface area (Å²) in [7, 11) is 0. The molecule has 0 spiro atoms. The predicted octanol–water partition coefficient (Wildman–Crippen LogP) is 6.76. The molecule has 2 nitrogen and oxygen atoms in total. The average Bonchev–Trinajstić information content (AvgIpc) is 2.80. The second-order valence-electron chi connectivity index (χ2n) is 6.85. The molecule has 0 aliphatic heterocycles. The molecule has 0 heterocycles. The SMILES string of the molecule is O=C1c2ccccc2C(=O)c2c(Sc3ccccc3)ccc(Sc3ccccc3)c21. The van der Waals surface area contributed by atoms with Gasteiger partial charge in [-0.25, -0.2) is 0 Å². The molecule has 4 aromatic carbocycles. The van der Waals surface area contributed by atoms with E-state index < -0.39 is 0 Å². The van der Waals surface area contributed by atoms with Crippen LogP contribution in [0, 0.1) is 0 Å². The van der Waals surface area contributed by atoms with Crippen LogP contribution in [0.25, 0.3) is 0 Å². The molecule has 1 aliphatic carbocycles. The third-order valence-electron chi connectivity index (χ3n) is 4.94. The van der Waals surface area contributed by atoms with Crippen LogP contribution in [0.2, 0.25) is 0 Å². The molecule has 144 valence electrons. The van der Waals surface area contributed by atoms with Crippen LogP contribution in [0.1, 0.15) is 31.8 Å². The van der Waals surface area contributed by atoms with E-state index in [9.17, 15) is 9.59 Å². The van der Waals surface area contributed by atoms with Crippen LogP contribution >= 0.6 is 23.5 Å². The molecule has 0 N–H and O–H groups in total. The maximum atomic E-state index is 13.5. The number of ketones is 2. The van der Waals surface area contributed by atoms with Crippen LogP contribution in [-0.2, 0) is 0 Å². The molecule has 0 atom stereocenters. The summed E-state index contributed by atoms with van der Waals surface area (Å²) >= 11 is 3.03. The van der Waals surface area contributed by atoms with Crippen molar-refractivity contribution in [3.63, 3.8) is 0 Å². The summed E-state index contributed by atoms with van der Waals surface area (Å²) in [6, 6.07) is 30.8. The maximum Gasteiger partial charge on any atom is 0.195 e. The minimum absolute atomic E-state index is 0.0888. The van der Waals surface area contributed by atoms with Gasteiger partial charge in [0, 0.05) is 41.8 Å². The summed E-state index contributed by atoms with van der Waals surface area (Å²) < 4.78 is 0. The molecule has 0 bridgehead atoms. The number of hydrogen-bond acceptors (Lipinski definition) is 4. The van der Waals surface area contributed by atoms with Gasteiger partial charge in [-0.05, 0) is 36.4 Å². The molecular formula is C26H16O2S2. The first-order valence-electron chi connectivity index (χ1n) is 9.53. The minimum Gasteiger partial charge on any atom is -0.289 e. The molecule has 30 heavy (non-hydrogen) atoms. The van der Waals surface area contributed by atoms with Crippen molar-refractivity contribution in [2.45, 2.75) is 19.6 Å². The quantitative estimate of drug-likeness (QED) is 0.319. The van der Waals surface area contributed by atoms with Crippen molar-refractivity contribution >= 4 is 35.1 Å². The zero-order chi connectivity index (χ0) is 20.5. The molecule has 4 heteroatoms. The second-order valence-corrected chi connectivity index (χ2v) is 9.08. The molecule has 0 aromatic heterocycles. The van der Waals surface area contributed by atoms with E-state index in [1.807, 2.05) is 84.9 Å². The van der Waals surface area contributed by atoms with Crippen LogP contribution in [0.15, 0.2) is 117 Å². The summed E-state index contributed by atoms with van der Waals surface area (Å²) in [5, 5.41) is 0. The maximum absolute atomic E-state index is 13.5. The highest BCUT2D eigenvalue weighted by atomic mass is 32.2. The highest BCUT2D eigenvalue weighted by Gasteiger charge is 2.34. The van der Waals surface area contributed by atoms with Gasteiger partial charge in [0.25, 0.3) is 0 Å². The Kier molecular flexibility index (Phi) is 5.03. The van der Waals surface area contributed by atoms with Crippen LogP contribution in [0.3, 0.4) is 0 Å². The summed E-state index contributed by atoms with van der Waals surface area (Å²) in [5.41, 5.74) is 1.97. The van der Waals surface area contributed by atoms with Gasteiger partial charge in [-0.2, -0.15) is 0 Å². The van der Waals surface area contributed by atoms with E-state index in [2.05, 4.69) is 0 Å². The summed E-state index contributed by atoms with van der Waals surface area (Å²) in [5.74, 6) is -0.178. The Labute approximate surface area is 183 Å². The molecule has 0 radical (unpaired) electrons. The molecule has 4 aromatic rings. The zero-order valence-corrected chi connectivity index (χ0v) is 17.5. The van der Waals surface area contributed by atoms with Crippen molar-refractivity contribution in [1.82, 2.24) is 0 Å². The van der Waals surface area contributed by atoms with Crippen molar-refractivity contribution in [2.75, 3.05) is 0 Å². The summed E-state index contributed by atoms with van der Waals surface area (Å²) in [4.78, 5) is 30.7. The normalized spacial score (nSPS) is 12.4. The second kappa shape index (κ2) is 7.98. The topological polar surface area (TPSA) is 34.1 Å². The number of carbonyl (C=O) groups excluding carboxylic acids is 2. The van der Waals surface area contributed by atoms with Gasteiger partial charge in [0.2, 0.25) is 0 Å². The molecule has 0 saturated carbocycles. The third-order valence-corrected chi connectivity index (χ3v) is 7.08. The Balaban J connectivity index is 1.69. The lowest BCUT2D eigenvalue weighted by Crippen LogP contribution is -2.22. The highest BCUT2D eigenvalue weighted by Crippen LogP contribution is 2.42. The Morgan fingerprint density at radius 1 is 0.433 bits per heavy atom. The largest absolute Gasteiger partial charge is 0.289 e. The molecule has 0 fully saturated rings. The van der Waals surface area contributed by atoms with E-state index in [-0.39, 0.29) is 11.6 Å². The van der Waals surface area contributed by atoms with E-state index in [1.165, 1.54) is 23.5 Å². The Hall–Kier alpha value is -3.08. The van der Waals surface area contributed by atoms with Crippen molar-refractivity contribution < 1.29 is 9.59 Å². The minimum atomic E-state index is -0.0888. The van der Waals surface area contributed by atoms with Crippen molar-refractivity contribution in [1.29, 1.82) is 0 Å².